The van der Waals surface area contributed by atoms with Crippen LogP contribution in [0.3, 0.4) is 0 Å². The number of rotatable bonds is 2. The Kier molecular flexibility index (Phi) is 4.02. The third-order valence-electron chi connectivity index (χ3n) is 1.78. The first-order chi connectivity index (χ1) is 7.24. The van der Waals surface area contributed by atoms with Gasteiger partial charge in [0, 0.05) is 18.0 Å². The number of hydrogen-bond acceptors (Lipinski definition) is 5. The van der Waals surface area contributed by atoms with E-state index in [2.05, 4.69) is 20.3 Å². The number of aryl methyl sites for hydroxylation is 1. The van der Waals surface area contributed by atoms with Crippen molar-refractivity contribution in [3.63, 3.8) is 0 Å². The van der Waals surface area contributed by atoms with E-state index in [1.807, 2.05) is 25.1 Å². The number of aromatic nitrogens is 3. The lowest BCUT2D eigenvalue weighted by Crippen LogP contribution is -2.02. The van der Waals surface area contributed by atoms with E-state index in [1.165, 1.54) is 0 Å². The van der Waals surface area contributed by atoms with Crippen LogP contribution in [0.15, 0.2) is 30.5 Å². The maximum Gasteiger partial charge on any atom is 0.230 e. The summed E-state index contributed by atoms with van der Waals surface area (Å²) in [6, 6.07) is 7.27. The van der Waals surface area contributed by atoms with Crippen molar-refractivity contribution >= 4 is 30.0 Å². The summed E-state index contributed by atoms with van der Waals surface area (Å²) in [7, 11) is 0. The number of nitrogen functional groups attached to an aromatic ring is 1. The molecule has 0 radical (unpaired) electrons. The third kappa shape index (κ3) is 3.06. The summed E-state index contributed by atoms with van der Waals surface area (Å²) in [6.45, 7) is 1.86. The predicted molar refractivity (Wildman–Crippen MR) is 65.9 cm³/mol. The molecular weight excluding hydrogens is 226 g/mol. The Balaban J connectivity index is 0.00000128. The van der Waals surface area contributed by atoms with Crippen LogP contribution in [-0.2, 0) is 0 Å². The number of pyridine rings is 1. The topological polar surface area (TPSA) is 76.7 Å². The van der Waals surface area contributed by atoms with Gasteiger partial charge >= 0.3 is 0 Å². The van der Waals surface area contributed by atoms with Crippen LogP contribution in [0.1, 0.15) is 5.69 Å². The number of nitrogens with one attached hydrogen (secondary N) is 1. The molecule has 2 heterocycles. The van der Waals surface area contributed by atoms with Gasteiger partial charge in [0.2, 0.25) is 5.95 Å². The summed E-state index contributed by atoms with van der Waals surface area (Å²) >= 11 is 0. The van der Waals surface area contributed by atoms with Gasteiger partial charge in [0.05, 0.1) is 0 Å². The second-order valence-electron chi connectivity index (χ2n) is 3.10. The van der Waals surface area contributed by atoms with Gasteiger partial charge in [-0.05, 0) is 19.1 Å². The molecule has 84 valence electrons. The Morgan fingerprint density at radius 1 is 1.25 bits per heavy atom. The molecule has 3 N–H and O–H groups in total. The molecule has 0 fully saturated rings. The minimum atomic E-state index is 0. The fourth-order valence-electron chi connectivity index (χ4n) is 1.20. The minimum Gasteiger partial charge on any atom is -0.384 e. The van der Waals surface area contributed by atoms with E-state index in [9.17, 15) is 0 Å². The lowest BCUT2D eigenvalue weighted by atomic mass is 10.4. The predicted octanol–water partition coefficient (Wildman–Crippen LogP) is 1.93. The average molecular weight is 238 g/mol. The van der Waals surface area contributed by atoms with Crippen LogP contribution >= 0.6 is 12.4 Å². The largest absolute Gasteiger partial charge is 0.384 e. The summed E-state index contributed by atoms with van der Waals surface area (Å²) in [5.74, 6) is 1.61. The van der Waals surface area contributed by atoms with Gasteiger partial charge in [-0.3, -0.25) is 0 Å². The number of hydrogen-bond donors (Lipinski definition) is 2. The van der Waals surface area contributed by atoms with Crippen LogP contribution in [-0.4, -0.2) is 15.0 Å². The summed E-state index contributed by atoms with van der Waals surface area (Å²) in [6.07, 6.45) is 1.70. The van der Waals surface area contributed by atoms with Crippen molar-refractivity contribution < 1.29 is 0 Å². The van der Waals surface area contributed by atoms with E-state index < -0.39 is 0 Å². The van der Waals surface area contributed by atoms with Crippen molar-refractivity contribution in [2.24, 2.45) is 0 Å². The number of nitrogens with two attached hydrogens (primary N) is 1. The van der Waals surface area contributed by atoms with Gasteiger partial charge in [0.15, 0.2) is 0 Å². The molecule has 0 aromatic carbocycles. The molecule has 0 unspecified atom stereocenters. The molecule has 16 heavy (non-hydrogen) atoms. The summed E-state index contributed by atoms with van der Waals surface area (Å²) < 4.78 is 0. The highest BCUT2D eigenvalue weighted by Gasteiger charge is 2.00. The van der Waals surface area contributed by atoms with Crippen LogP contribution in [0.5, 0.6) is 0 Å². The first kappa shape index (κ1) is 12.2. The Labute approximate surface area is 99.6 Å². The molecule has 0 aliphatic carbocycles. The molecule has 0 saturated heterocycles. The molecule has 0 aliphatic rings. The number of nitrogens with zero attached hydrogens (tertiary/aromatic N) is 3. The van der Waals surface area contributed by atoms with E-state index in [4.69, 9.17) is 5.73 Å². The quantitative estimate of drug-likeness (QED) is 0.835. The van der Waals surface area contributed by atoms with E-state index in [-0.39, 0.29) is 12.4 Å². The van der Waals surface area contributed by atoms with E-state index >= 15 is 0 Å². The zero-order valence-corrected chi connectivity index (χ0v) is 9.53. The molecule has 2 rings (SSSR count). The molecule has 2 aromatic heterocycles. The standard InChI is InChI=1S/C10H11N5.ClH/c1-7-6-8(11)14-10(13-7)15-9-4-2-3-5-12-9;/h2-6H,1H3,(H3,11,12,13,14,15);1H. The monoisotopic (exact) mass is 237 g/mol. The van der Waals surface area contributed by atoms with Crippen molar-refractivity contribution in [2.45, 2.75) is 6.92 Å². The fraction of sp³-hybridized carbons (Fsp3) is 0.100. The molecule has 2 aromatic rings. The normalized spacial score (nSPS) is 9.31. The highest BCUT2D eigenvalue weighted by atomic mass is 35.5. The van der Waals surface area contributed by atoms with Crippen LogP contribution in [0.2, 0.25) is 0 Å². The van der Waals surface area contributed by atoms with Crippen LogP contribution in [0.4, 0.5) is 17.6 Å². The average Bonchev–Trinajstić information content (AvgIpc) is 2.17. The maximum absolute atomic E-state index is 5.60. The first-order valence-corrected chi connectivity index (χ1v) is 4.53. The van der Waals surface area contributed by atoms with Gasteiger partial charge in [-0.25, -0.2) is 9.97 Å². The Morgan fingerprint density at radius 3 is 2.69 bits per heavy atom. The van der Waals surface area contributed by atoms with Gasteiger partial charge in [0.25, 0.3) is 0 Å². The molecule has 0 amide bonds. The highest BCUT2D eigenvalue weighted by Crippen LogP contribution is 2.11. The summed E-state index contributed by atoms with van der Waals surface area (Å²) in [5, 5.41) is 2.97. The molecule has 6 heteroatoms. The van der Waals surface area contributed by atoms with Crippen LogP contribution in [0, 0.1) is 6.92 Å². The smallest absolute Gasteiger partial charge is 0.230 e. The van der Waals surface area contributed by atoms with Gasteiger partial charge < -0.3 is 11.1 Å². The van der Waals surface area contributed by atoms with Gasteiger partial charge in [0.1, 0.15) is 11.6 Å². The molecular formula is C10H12ClN5. The molecule has 0 atom stereocenters. The molecule has 0 bridgehead atoms. The third-order valence-corrected chi connectivity index (χ3v) is 1.78. The Hall–Kier alpha value is -1.88. The van der Waals surface area contributed by atoms with Crippen molar-refractivity contribution in [3.05, 3.63) is 36.2 Å². The Bertz CT molecular complexity index is 440. The molecule has 5 nitrogen and oxygen atoms in total. The van der Waals surface area contributed by atoms with Crippen molar-refractivity contribution in [3.8, 4) is 0 Å². The first-order valence-electron chi connectivity index (χ1n) is 4.53. The van der Waals surface area contributed by atoms with Crippen LogP contribution in [0.25, 0.3) is 0 Å². The zero-order chi connectivity index (χ0) is 10.7. The second-order valence-corrected chi connectivity index (χ2v) is 3.10. The number of halogens is 1. The van der Waals surface area contributed by atoms with Crippen molar-refractivity contribution in [2.75, 3.05) is 11.1 Å². The van der Waals surface area contributed by atoms with Crippen molar-refractivity contribution in [1.82, 2.24) is 15.0 Å². The van der Waals surface area contributed by atoms with Crippen LogP contribution < -0.4 is 11.1 Å². The minimum absolute atomic E-state index is 0. The van der Waals surface area contributed by atoms with Gasteiger partial charge in [-0.2, -0.15) is 4.98 Å². The highest BCUT2D eigenvalue weighted by molar-refractivity contribution is 5.85. The summed E-state index contributed by atoms with van der Waals surface area (Å²) in [5.41, 5.74) is 6.42. The van der Waals surface area contributed by atoms with E-state index in [1.54, 1.807) is 12.3 Å². The summed E-state index contributed by atoms with van der Waals surface area (Å²) in [4.78, 5) is 12.3. The van der Waals surface area contributed by atoms with Gasteiger partial charge in [-0.1, -0.05) is 6.07 Å². The molecule has 0 aliphatic heterocycles. The second kappa shape index (κ2) is 5.27. The molecule has 0 spiro atoms. The zero-order valence-electron chi connectivity index (χ0n) is 8.71. The Morgan fingerprint density at radius 2 is 2.06 bits per heavy atom. The van der Waals surface area contributed by atoms with E-state index in [0.717, 1.165) is 5.69 Å². The van der Waals surface area contributed by atoms with E-state index in [0.29, 0.717) is 17.6 Å². The maximum atomic E-state index is 5.60. The fourth-order valence-corrected chi connectivity index (χ4v) is 1.20. The SMILES string of the molecule is Cc1cc(N)nc(Nc2ccccn2)n1.Cl. The van der Waals surface area contributed by atoms with Crippen molar-refractivity contribution in [1.29, 1.82) is 0 Å². The lowest BCUT2D eigenvalue weighted by Gasteiger charge is -2.04. The lowest BCUT2D eigenvalue weighted by molar-refractivity contribution is 1.10. The van der Waals surface area contributed by atoms with Gasteiger partial charge in [-0.15, -0.1) is 12.4 Å². The number of anilines is 3. The molecule has 0 saturated carbocycles.